The SMILES string of the molecule is CC1=C2C=C([Se]c3ccccc3)C(C)=[N+]2[B-](F)(F)n2c1cc([Se]c1ccccc1)c2C. The Kier molecular flexibility index (Phi) is 5.18. The first-order valence-corrected chi connectivity index (χ1v) is 13.6. The first-order chi connectivity index (χ1) is 14.9. The van der Waals surface area contributed by atoms with Crippen molar-refractivity contribution in [3.05, 3.63) is 94.4 Å². The number of halogens is 2. The summed E-state index contributed by atoms with van der Waals surface area (Å²) in [7, 11) is 0. The fraction of sp³-hybridized carbons (Fsp3) is 0.125. The van der Waals surface area contributed by atoms with Gasteiger partial charge in [0, 0.05) is 0 Å². The molecule has 3 aromatic rings. The predicted octanol–water partition coefficient (Wildman–Crippen LogP) is 2.82. The molecule has 0 spiro atoms. The Morgan fingerprint density at radius 3 is 2.03 bits per heavy atom. The van der Waals surface area contributed by atoms with E-state index in [0.717, 1.165) is 14.5 Å². The van der Waals surface area contributed by atoms with Gasteiger partial charge in [-0.2, -0.15) is 0 Å². The maximum atomic E-state index is 16.0. The number of hydrogen-bond donors (Lipinski definition) is 0. The van der Waals surface area contributed by atoms with Crippen LogP contribution in [-0.4, -0.2) is 51.6 Å². The molecule has 1 aromatic heterocycles. The summed E-state index contributed by atoms with van der Waals surface area (Å²) >= 11 is -0.0131. The van der Waals surface area contributed by atoms with Gasteiger partial charge >= 0.3 is 194 Å². The van der Waals surface area contributed by atoms with Crippen molar-refractivity contribution < 1.29 is 13.1 Å². The molecule has 2 aromatic carbocycles. The molecule has 0 radical (unpaired) electrons. The van der Waals surface area contributed by atoms with Crippen LogP contribution in [0.1, 0.15) is 25.2 Å². The summed E-state index contributed by atoms with van der Waals surface area (Å²) < 4.78 is 39.0. The number of aromatic nitrogens is 1. The Morgan fingerprint density at radius 2 is 1.42 bits per heavy atom. The molecule has 0 bridgehead atoms. The van der Waals surface area contributed by atoms with Crippen molar-refractivity contribution in [3.63, 3.8) is 0 Å². The Balaban J connectivity index is 1.60. The van der Waals surface area contributed by atoms with Crippen LogP contribution in [0.4, 0.5) is 8.63 Å². The average molecular weight is 544 g/mol. The first kappa shape index (κ1) is 20.7. The fourth-order valence-electron chi connectivity index (χ4n) is 4.26. The summed E-state index contributed by atoms with van der Waals surface area (Å²) in [4.78, 5) is 0. The van der Waals surface area contributed by atoms with E-state index in [2.05, 4.69) is 24.3 Å². The average Bonchev–Trinajstić information content (AvgIpc) is 3.27. The van der Waals surface area contributed by atoms with Gasteiger partial charge in [0.15, 0.2) is 0 Å². The van der Waals surface area contributed by atoms with Crippen LogP contribution in [0, 0.1) is 6.92 Å². The number of benzene rings is 2. The molecule has 156 valence electrons. The molecule has 2 aliphatic rings. The molecule has 0 unspecified atom stereocenters. The van der Waals surface area contributed by atoms with Gasteiger partial charge in [0.05, 0.1) is 0 Å². The van der Waals surface area contributed by atoms with Gasteiger partial charge in [-0.15, -0.1) is 0 Å². The van der Waals surface area contributed by atoms with E-state index >= 15 is 8.63 Å². The van der Waals surface area contributed by atoms with Gasteiger partial charge < -0.3 is 0 Å². The van der Waals surface area contributed by atoms with Crippen molar-refractivity contribution in [2.24, 2.45) is 0 Å². The van der Waals surface area contributed by atoms with Crippen molar-refractivity contribution >= 4 is 61.6 Å². The second-order valence-electron chi connectivity index (χ2n) is 7.74. The van der Waals surface area contributed by atoms with Crippen LogP contribution < -0.4 is 13.4 Å². The number of fused-ring (bicyclic) bond motifs is 2. The third-order valence-electron chi connectivity index (χ3n) is 5.82. The Hall–Kier alpha value is -2.17. The van der Waals surface area contributed by atoms with Gasteiger partial charge in [0.2, 0.25) is 0 Å². The summed E-state index contributed by atoms with van der Waals surface area (Å²) in [5.41, 5.74) is 3.58. The van der Waals surface area contributed by atoms with Crippen LogP contribution in [0.15, 0.2) is 83.0 Å². The van der Waals surface area contributed by atoms with Crippen molar-refractivity contribution in [2.75, 3.05) is 0 Å². The summed E-state index contributed by atoms with van der Waals surface area (Å²) in [6.07, 6.45) is 1.99. The third kappa shape index (κ3) is 3.41. The maximum absolute atomic E-state index is 16.0. The topological polar surface area (TPSA) is 7.94 Å². The van der Waals surface area contributed by atoms with E-state index in [9.17, 15) is 0 Å². The first-order valence-electron chi connectivity index (χ1n) is 10.1. The standard InChI is InChI=1S/C24H21BF2N2Se2/c1-16-21-14-23(30-19-10-6-4-7-11-19)17(2)28(21)25(26,27)29-18(3)24(15-22(16)29)31-20-12-8-5-9-13-20/h4-15H,1-3H3. The van der Waals surface area contributed by atoms with Crippen LogP contribution in [0.3, 0.4) is 0 Å². The number of hydrogen-bond acceptors (Lipinski definition) is 0. The number of nitrogens with zero attached hydrogens (tertiary/aromatic N) is 2. The summed E-state index contributed by atoms with van der Waals surface area (Å²) in [5.74, 6) is 0. The molecule has 0 amide bonds. The molecular weight excluding hydrogens is 523 g/mol. The molecule has 0 saturated carbocycles. The van der Waals surface area contributed by atoms with Crippen molar-refractivity contribution in [3.8, 4) is 0 Å². The van der Waals surface area contributed by atoms with Crippen LogP contribution in [0.5, 0.6) is 0 Å². The molecule has 2 aliphatic heterocycles. The van der Waals surface area contributed by atoms with E-state index in [0.29, 0.717) is 22.8 Å². The monoisotopic (exact) mass is 546 g/mol. The zero-order valence-electron chi connectivity index (χ0n) is 17.5. The Labute approximate surface area is 193 Å². The van der Waals surface area contributed by atoms with E-state index in [-0.39, 0.29) is 29.9 Å². The van der Waals surface area contributed by atoms with Gasteiger partial charge in [0.25, 0.3) is 0 Å². The van der Waals surface area contributed by atoms with Crippen LogP contribution in [0.2, 0.25) is 0 Å². The normalized spacial score (nSPS) is 17.0. The summed E-state index contributed by atoms with van der Waals surface area (Å²) in [6.45, 7) is 1.71. The van der Waals surface area contributed by atoms with E-state index in [1.807, 2.05) is 69.3 Å². The molecule has 7 heteroatoms. The van der Waals surface area contributed by atoms with Gasteiger partial charge in [-0.25, -0.2) is 0 Å². The van der Waals surface area contributed by atoms with Crippen LogP contribution in [0.25, 0.3) is 5.57 Å². The van der Waals surface area contributed by atoms with Crippen LogP contribution in [-0.2, 0) is 0 Å². The molecule has 0 N–H and O–H groups in total. The second kappa shape index (κ2) is 7.76. The fourth-order valence-corrected chi connectivity index (χ4v) is 8.30. The third-order valence-corrected chi connectivity index (χ3v) is 10.6. The molecule has 0 saturated heterocycles. The van der Waals surface area contributed by atoms with E-state index in [1.54, 1.807) is 0 Å². The Bertz CT molecular complexity index is 1280. The zero-order chi connectivity index (χ0) is 21.8. The summed E-state index contributed by atoms with van der Waals surface area (Å²) in [6, 6.07) is 22.3. The van der Waals surface area contributed by atoms with Crippen molar-refractivity contribution in [2.45, 2.75) is 20.8 Å². The van der Waals surface area contributed by atoms with E-state index < -0.39 is 6.97 Å². The molecule has 2 nitrogen and oxygen atoms in total. The number of allylic oxidation sites excluding steroid dienone is 3. The summed E-state index contributed by atoms with van der Waals surface area (Å²) in [5, 5.41) is 0. The molecule has 3 heterocycles. The van der Waals surface area contributed by atoms with E-state index in [1.165, 1.54) is 17.9 Å². The molecule has 31 heavy (non-hydrogen) atoms. The minimum atomic E-state index is -3.94. The van der Waals surface area contributed by atoms with Crippen molar-refractivity contribution in [1.29, 1.82) is 0 Å². The molecule has 0 aliphatic carbocycles. The molecule has 0 fully saturated rings. The van der Waals surface area contributed by atoms with Crippen LogP contribution >= 0.6 is 0 Å². The number of rotatable bonds is 4. The molecule has 5 rings (SSSR count). The van der Waals surface area contributed by atoms with Gasteiger partial charge in [0.1, 0.15) is 0 Å². The van der Waals surface area contributed by atoms with E-state index in [4.69, 9.17) is 0 Å². The predicted molar refractivity (Wildman–Crippen MR) is 127 cm³/mol. The zero-order valence-corrected chi connectivity index (χ0v) is 20.9. The van der Waals surface area contributed by atoms with Gasteiger partial charge in [-0.1, -0.05) is 0 Å². The van der Waals surface area contributed by atoms with Gasteiger partial charge in [-0.3, -0.25) is 0 Å². The quantitative estimate of drug-likeness (QED) is 0.447. The minimum absolute atomic E-state index is 0.00654. The van der Waals surface area contributed by atoms with Gasteiger partial charge in [-0.05, 0) is 0 Å². The molecular formula is C24H21BF2N2Se2. The van der Waals surface area contributed by atoms with Crippen molar-refractivity contribution in [1.82, 2.24) is 4.48 Å². The Morgan fingerprint density at radius 1 is 0.839 bits per heavy atom. The molecule has 0 atom stereocenters. The second-order valence-corrected chi connectivity index (χ2v) is 12.4.